The summed E-state index contributed by atoms with van der Waals surface area (Å²) in [5, 5.41) is 0. The van der Waals surface area contributed by atoms with Gasteiger partial charge in [-0.2, -0.15) is 0 Å². The lowest BCUT2D eigenvalue weighted by Gasteiger charge is -2.28. The number of ether oxygens (including phenoxy) is 3. The first-order chi connectivity index (χ1) is 11.5. The monoisotopic (exact) mass is 361 g/mol. The molecule has 5 nitrogen and oxygen atoms in total. The molecule has 140 valence electrons. The third-order valence-electron chi connectivity index (χ3n) is 3.50. The van der Waals surface area contributed by atoms with Crippen molar-refractivity contribution >= 4 is 6.09 Å². The summed E-state index contributed by atoms with van der Waals surface area (Å²) >= 11 is 0. The van der Waals surface area contributed by atoms with E-state index in [1.54, 1.807) is 25.7 Å². The molecular weight excluding hydrogens is 339 g/mol. The second kappa shape index (κ2) is 7.41. The Kier molecular flexibility index (Phi) is 5.69. The van der Waals surface area contributed by atoms with Crippen LogP contribution in [0.3, 0.4) is 0 Å². The highest BCUT2D eigenvalue weighted by Gasteiger charge is 2.33. The molecule has 1 aliphatic heterocycles. The molecule has 0 spiro atoms. The van der Waals surface area contributed by atoms with Gasteiger partial charge in [-0.1, -0.05) is 0 Å². The first kappa shape index (κ1) is 19.2. The molecule has 0 radical (unpaired) electrons. The first-order valence-corrected chi connectivity index (χ1v) is 8.02. The van der Waals surface area contributed by atoms with E-state index in [0.29, 0.717) is 12.3 Å². The van der Waals surface area contributed by atoms with Crippen LogP contribution in [0, 0.1) is 0 Å². The van der Waals surface area contributed by atoms with E-state index in [-0.39, 0.29) is 24.5 Å². The van der Waals surface area contributed by atoms with Crippen molar-refractivity contribution in [2.45, 2.75) is 51.6 Å². The second-order valence-electron chi connectivity index (χ2n) is 6.80. The van der Waals surface area contributed by atoms with E-state index in [1.807, 2.05) is 0 Å². The molecule has 1 fully saturated rings. The highest BCUT2D eigenvalue weighted by Crippen LogP contribution is 2.26. The van der Waals surface area contributed by atoms with Crippen LogP contribution in [0.25, 0.3) is 0 Å². The van der Waals surface area contributed by atoms with Crippen molar-refractivity contribution in [1.82, 2.24) is 4.90 Å². The number of likely N-dealkylation sites (tertiary alicyclic amines) is 1. The second-order valence-corrected chi connectivity index (χ2v) is 6.80. The Balaban J connectivity index is 1.88. The van der Waals surface area contributed by atoms with Gasteiger partial charge in [-0.3, -0.25) is 0 Å². The molecule has 0 aliphatic carbocycles. The number of amides is 1. The largest absolute Gasteiger partial charge is 0.573 e. The highest BCUT2D eigenvalue weighted by molar-refractivity contribution is 5.69. The number of carbonyl (C=O) groups excluding carboxylic acids is 1. The minimum absolute atomic E-state index is 0.124. The zero-order chi connectivity index (χ0) is 18.7. The lowest BCUT2D eigenvalue weighted by Crippen LogP contribution is -2.42. The molecule has 0 saturated carbocycles. The Labute approximate surface area is 144 Å². The van der Waals surface area contributed by atoms with E-state index < -0.39 is 12.0 Å². The topological polar surface area (TPSA) is 48.0 Å². The lowest BCUT2D eigenvalue weighted by molar-refractivity contribution is -0.274. The molecule has 0 bridgehead atoms. The van der Waals surface area contributed by atoms with Gasteiger partial charge in [-0.15, -0.1) is 13.2 Å². The van der Waals surface area contributed by atoms with Gasteiger partial charge in [0.15, 0.2) is 0 Å². The molecule has 1 amide bonds. The SMILES string of the molecule is CC(C)(C)OC(=O)N1CCC[C@H]1COc1ccc(OC(F)(F)F)cc1. The van der Waals surface area contributed by atoms with E-state index in [9.17, 15) is 18.0 Å². The van der Waals surface area contributed by atoms with Gasteiger partial charge in [0.1, 0.15) is 23.7 Å². The van der Waals surface area contributed by atoms with Gasteiger partial charge in [-0.25, -0.2) is 4.79 Å². The molecular formula is C17H22F3NO4. The molecule has 1 saturated heterocycles. The zero-order valence-corrected chi connectivity index (χ0v) is 14.4. The fourth-order valence-electron chi connectivity index (χ4n) is 2.50. The van der Waals surface area contributed by atoms with Crippen LogP contribution in [0.1, 0.15) is 33.6 Å². The number of benzene rings is 1. The van der Waals surface area contributed by atoms with Crippen LogP contribution >= 0.6 is 0 Å². The summed E-state index contributed by atoms with van der Waals surface area (Å²) in [6.07, 6.45) is -3.46. The van der Waals surface area contributed by atoms with E-state index in [1.165, 1.54) is 24.3 Å². The van der Waals surface area contributed by atoms with Gasteiger partial charge in [0.05, 0.1) is 6.04 Å². The van der Waals surface area contributed by atoms with Crippen molar-refractivity contribution < 1.29 is 32.2 Å². The Morgan fingerprint density at radius 2 is 1.76 bits per heavy atom. The molecule has 0 N–H and O–H groups in total. The summed E-state index contributed by atoms with van der Waals surface area (Å²) in [6.45, 7) is 6.26. The van der Waals surface area contributed by atoms with Crippen molar-refractivity contribution in [3.05, 3.63) is 24.3 Å². The Morgan fingerprint density at radius 1 is 1.16 bits per heavy atom. The van der Waals surface area contributed by atoms with Crippen molar-refractivity contribution in [3.8, 4) is 11.5 Å². The van der Waals surface area contributed by atoms with Crippen LogP contribution < -0.4 is 9.47 Å². The van der Waals surface area contributed by atoms with Gasteiger partial charge >= 0.3 is 12.5 Å². The maximum absolute atomic E-state index is 12.2. The minimum atomic E-state index is -4.72. The Bertz CT molecular complexity index is 581. The fraction of sp³-hybridized carbons (Fsp3) is 0.588. The molecule has 2 rings (SSSR count). The van der Waals surface area contributed by atoms with Crippen molar-refractivity contribution in [3.63, 3.8) is 0 Å². The van der Waals surface area contributed by atoms with Crippen molar-refractivity contribution in [1.29, 1.82) is 0 Å². The van der Waals surface area contributed by atoms with Crippen LogP contribution in [0.4, 0.5) is 18.0 Å². The fourth-order valence-corrected chi connectivity index (χ4v) is 2.50. The predicted octanol–water partition coefficient (Wildman–Crippen LogP) is 4.36. The molecule has 25 heavy (non-hydrogen) atoms. The lowest BCUT2D eigenvalue weighted by atomic mass is 10.2. The Hall–Kier alpha value is -2.12. The molecule has 1 aromatic carbocycles. The number of nitrogens with zero attached hydrogens (tertiary/aromatic N) is 1. The van der Waals surface area contributed by atoms with Gasteiger partial charge in [0.2, 0.25) is 0 Å². The van der Waals surface area contributed by atoms with E-state index in [0.717, 1.165) is 12.8 Å². The summed E-state index contributed by atoms with van der Waals surface area (Å²) < 4.78 is 51.2. The van der Waals surface area contributed by atoms with E-state index >= 15 is 0 Å². The number of hydrogen-bond acceptors (Lipinski definition) is 4. The summed E-state index contributed by atoms with van der Waals surface area (Å²) in [6, 6.07) is 5.04. The van der Waals surface area contributed by atoms with Crippen LogP contribution in [0.5, 0.6) is 11.5 Å². The standard InChI is InChI=1S/C17H22F3NO4/c1-16(2,3)25-15(22)21-10-4-5-12(21)11-23-13-6-8-14(9-7-13)24-17(18,19)20/h6-9,12H,4-5,10-11H2,1-3H3/t12-/m0/s1. The smallest absolute Gasteiger partial charge is 0.491 e. The van der Waals surface area contributed by atoms with Crippen LogP contribution in [0.2, 0.25) is 0 Å². The third kappa shape index (κ3) is 6.36. The molecule has 0 aromatic heterocycles. The maximum atomic E-state index is 12.2. The normalized spacial score (nSPS) is 18.2. The van der Waals surface area contributed by atoms with Crippen molar-refractivity contribution in [2.75, 3.05) is 13.2 Å². The number of hydrogen-bond donors (Lipinski definition) is 0. The van der Waals surface area contributed by atoms with Gasteiger partial charge in [0.25, 0.3) is 0 Å². The van der Waals surface area contributed by atoms with E-state index in [4.69, 9.17) is 9.47 Å². The summed E-state index contributed by atoms with van der Waals surface area (Å²) in [5.41, 5.74) is -0.570. The maximum Gasteiger partial charge on any atom is 0.573 e. The van der Waals surface area contributed by atoms with Gasteiger partial charge in [-0.05, 0) is 57.9 Å². The zero-order valence-electron chi connectivity index (χ0n) is 14.4. The number of halogens is 3. The van der Waals surface area contributed by atoms with Crippen molar-refractivity contribution in [2.24, 2.45) is 0 Å². The van der Waals surface area contributed by atoms with Gasteiger partial charge in [0, 0.05) is 6.54 Å². The number of alkyl halides is 3. The number of carbonyl (C=O) groups is 1. The first-order valence-electron chi connectivity index (χ1n) is 8.02. The average molecular weight is 361 g/mol. The third-order valence-corrected chi connectivity index (χ3v) is 3.50. The molecule has 1 atom stereocenters. The molecule has 1 aromatic rings. The minimum Gasteiger partial charge on any atom is -0.491 e. The quantitative estimate of drug-likeness (QED) is 0.799. The van der Waals surface area contributed by atoms with Crippen LogP contribution in [0.15, 0.2) is 24.3 Å². The molecule has 1 aliphatic rings. The van der Waals surface area contributed by atoms with Crippen LogP contribution in [-0.4, -0.2) is 42.2 Å². The number of rotatable bonds is 4. The molecule has 8 heteroatoms. The molecule has 0 unspecified atom stereocenters. The molecule has 1 heterocycles. The summed E-state index contributed by atoms with van der Waals surface area (Å²) in [4.78, 5) is 13.8. The van der Waals surface area contributed by atoms with Crippen LogP contribution in [-0.2, 0) is 4.74 Å². The van der Waals surface area contributed by atoms with E-state index in [2.05, 4.69) is 4.74 Å². The Morgan fingerprint density at radius 3 is 2.32 bits per heavy atom. The summed E-state index contributed by atoms with van der Waals surface area (Å²) in [7, 11) is 0. The average Bonchev–Trinajstić information content (AvgIpc) is 2.91. The predicted molar refractivity (Wildman–Crippen MR) is 84.6 cm³/mol. The van der Waals surface area contributed by atoms with Gasteiger partial charge < -0.3 is 19.1 Å². The summed E-state index contributed by atoms with van der Waals surface area (Å²) in [5.74, 6) is 0.0988. The highest BCUT2D eigenvalue weighted by atomic mass is 19.4.